The number of carboxylic acids is 1. The first-order valence-electron chi connectivity index (χ1n) is 5.50. The molecule has 18 heavy (non-hydrogen) atoms. The van der Waals surface area contributed by atoms with E-state index in [1.54, 1.807) is 12.1 Å². The molecule has 1 heterocycles. The highest BCUT2D eigenvalue weighted by atomic mass is 35.5. The number of halogens is 1. The third kappa shape index (κ3) is 3.11. The second-order valence-corrected chi connectivity index (χ2v) is 4.86. The van der Waals surface area contributed by atoms with E-state index in [2.05, 4.69) is 5.32 Å². The van der Waals surface area contributed by atoms with E-state index in [-0.39, 0.29) is 18.6 Å². The summed E-state index contributed by atoms with van der Waals surface area (Å²) in [6.45, 7) is 0. The molecule has 1 aliphatic heterocycles. The Balaban J connectivity index is 2.11. The van der Waals surface area contributed by atoms with Crippen LogP contribution < -0.4 is 5.32 Å². The summed E-state index contributed by atoms with van der Waals surface area (Å²) in [5.41, 5.74) is 0.981. The van der Waals surface area contributed by atoms with Gasteiger partial charge in [0, 0.05) is 11.4 Å². The highest BCUT2D eigenvalue weighted by molar-refractivity contribution is 7.80. The van der Waals surface area contributed by atoms with Crippen LogP contribution >= 0.6 is 23.8 Å². The Morgan fingerprint density at radius 3 is 2.72 bits per heavy atom. The Labute approximate surface area is 115 Å². The molecule has 0 radical (unpaired) electrons. The lowest BCUT2D eigenvalue weighted by atomic mass is 9.99. The zero-order chi connectivity index (χ0) is 13.1. The Morgan fingerprint density at radius 1 is 1.44 bits per heavy atom. The van der Waals surface area contributed by atoms with Gasteiger partial charge in [-0.3, -0.25) is 4.79 Å². The summed E-state index contributed by atoms with van der Waals surface area (Å²) in [6, 6.07) is 7.22. The Kier molecular flexibility index (Phi) is 4.04. The van der Waals surface area contributed by atoms with Gasteiger partial charge in [-0.1, -0.05) is 23.7 Å². The largest absolute Gasteiger partial charge is 0.481 e. The molecule has 0 saturated carbocycles. The summed E-state index contributed by atoms with van der Waals surface area (Å²) in [5, 5.41) is 12.7. The van der Waals surface area contributed by atoms with Gasteiger partial charge in [0.25, 0.3) is 5.17 Å². The first-order valence-corrected chi connectivity index (χ1v) is 6.29. The number of nitrogens with one attached hydrogen (secondary N) is 1. The summed E-state index contributed by atoms with van der Waals surface area (Å²) in [6.07, 6.45) is 0.212. The first kappa shape index (κ1) is 13.1. The number of hydrogen-bond acceptors (Lipinski definition) is 3. The minimum Gasteiger partial charge on any atom is -0.481 e. The van der Waals surface area contributed by atoms with Crippen LogP contribution in [0, 0.1) is 0 Å². The number of rotatable bonds is 4. The Morgan fingerprint density at radius 2 is 2.11 bits per heavy atom. The van der Waals surface area contributed by atoms with Crippen LogP contribution in [0.15, 0.2) is 24.3 Å². The Bertz CT molecular complexity index is 463. The van der Waals surface area contributed by atoms with Crippen molar-refractivity contribution in [2.24, 2.45) is 0 Å². The topological polar surface area (TPSA) is 58.6 Å². The van der Waals surface area contributed by atoms with Crippen LogP contribution in [0.3, 0.4) is 0 Å². The van der Waals surface area contributed by atoms with Gasteiger partial charge in [-0.15, -0.1) is 0 Å². The quantitative estimate of drug-likeness (QED) is 0.833. The van der Waals surface area contributed by atoms with E-state index in [9.17, 15) is 4.79 Å². The molecule has 6 heteroatoms. The molecular formula is C12H12ClNO3S. The zero-order valence-corrected chi connectivity index (χ0v) is 11.0. The fourth-order valence-electron chi connectivity index (χ4n) is 1.92. The van der Waals surface area contributed by atoms with Crippen LogP contribution in [-0.4, -0.2) is 22.4 Å². The van der Waals surface area contributed by atoms with Gasteiger partial charge < -0.3 is 15.2 Å². The van der Waals surface area contributed by atoms with Crippen molar-refractivity contribution < 1.29 is 14.6 Å². The molecule has 0 aromatic heterocycles. The van der Waals surface area contributed by atoms with Crippen molar-refractivity contribution in [3.63, 3.8) is 0 Å². The number of carbonyl (C=O) groups is 1. The van der Waals surface area contributed by atoms with Gasteiger partial charge >= 0.3 is 5.97 Å². The summed E-state index contributed by atoms with van der Waals surface area (Å²) < 4.78 is 5.43. The highest BCUT2D eigenvalue weighted by Crippen LogP contribution is 2.28. The highest BCUT2D eigenvalue weighted by Gasteiger charge is 2.33. The maximum absolute atomic E-state index is 10.6. The van der Waals surface area contributed by atoms with E-state index >= 15 is 0 Å². The number of ether oxygens (including phenoxy) is 1. The van der Waals surface area contributed by atoms with Crippen molar-refractivity contribution in [1.82, 2.24) is 5.32 Å². The van der Waals surface area contributed by atoms with Crippen molar-refractivity contribution >= 4 is 35.0 Å². The maximum atomic E-state index is 10.6. The van der Waals surface area contributed by atoms with E-state index in [0.717, 1.165) is 5.56 Å². The normalized spacial score (nSPS) is 22.4. The molecule has 4 nitrogen and oxygen atoms in total. The average molecular weight is 286 g/mol. The van der Waals surface area contributed by atoms with Crippen LogP contribution in [0.2, 0.25) is 5.02 Å². The molecule has 1 aromatic rings. The van der Waals surface area contributed by atoms with Crippen molar-refractivity contribution in [1.29, 1.82) is 0 Å². The number of thiocarbonyl (C=S) groups is 1. The molecule has 2 N–H and O–H groups in total. The summed E-state index contributed by atoms with van der Waals surface area (Å²) >= 11 is 10.8. The molecule has 2 rings (SSSR count). The number of benzene rings is 1. The van der Waals surface area contributed by atoms with Crippen molar-refractivity contribution in [3.05, 3.63) is 34.9 Å². The second-order valence-electron chi connectivity index (χ2n) is 4.05. The van der Waals surface area contributed by atoms with Gasteiger partial charge in [0.05, 0.1) is 6.04 Å². The van der Waals surface area contributed by atoms with Crippen LogP contribution in [0.1, 0.15) is 24.4 Å². The van der Waals surface area contributed by atoms with E-state index in [4.69, 9.17) is 33.7 Å². The molecule has 1 aromatic carbocycles. The standard InChI is InChI=1S/C12H12ClNO3S/c13-8-3-1-7(2-4-8)11-9(5-6-10(15)16)17-12(18)14-11/h1-4,9,11H,5-6H2,(H,14,18)(H,15,16). The predicted octanol–water partition coefficient (Wildman–Crippen LogP) is 2.52. The zero-order valence-electron chi connectivity index (χ0n) is 9.43. The van der Waals surface area contributed by atoms with Gasteiger partial charge in [-0.05, 0) is 36.3 Å². The monoisotopic (exact) mass is 285 g/mol. The lowest BCUT2D eigenvalue weighted by molar-refractivity contribution is -0.137. The molecule has 1 fully saturated rings. The fourth-order valence-corrected chi connectivity index (χ4v) is 2.30. The van der Waals surface area contributed by atoms with Gasteiger partial charge in [-0.2, -0.15) is 0 Å². The smallest absolute Gasteiger partial charge is 0.303 e. The van der Waals surface area contributed by atoms with Crippen LogP contribution in [0.4, 0.5) is 0 Å². The summed E-state index contributed by atoms with van der Waals surface area (Å²) in [7, 11) is 0. The third-order valence-corrected chi connectivity index (χ3v) is 3.24. The summed E-state index contributed by atoms with van der Waals surface area (Å²) in [4.78, 5) is 10.6. The molecule has 0 aliphatic carbocycles. The number of carboxylic acid groups (broad SMARTS) is 1. The van der Waals surface area contributed by atoms with E-state index < -0.39 is 5.97 Å². The second kappa shape index (κ2) is 5.54. The first-order chi connectivity index (χ1) is 8.56. The predicted molar refractivity (Wildman–Crippen MR) is 71.7 cm³/mol. The number of hydrogen-bond donors (Lipinski definition) is 2. The molecule has 0 spiro atoms. The lowest BCUT2D eigenvalue weighted by Crippen LogP contribution is -2.23. The molecular weight excluding hydrogens is 274 g/mol. The molecule has 1 aliphatic rings. The van der Waals surface area contributed by atoms with Crippen LogP contribution in [0.25, 0.3) is 0 Å². The molecule has 2 unspecified atom stereocenters. The van der Waals surface area contributed by atoms with Gasteiger partial charge in [0.15, 0.2) is 0 Å². The third-order valence-electron chi connectivity index (χ3n) is 2.78. The molecule has 96 valence electrons. The molecule has 2 atom stereocenters. The van der Waals surface area contributed by atoms with Gasteiger partial charge in [0.1, 0.15) is 6.10 Å². The maximum Gasteiger partial charge on any atom is 0.303 e. The lowest BCUT2D eigenvalue weighted by Gasteiger charge is -2.16. The molecule has 0 amide bonds. The van der Waals surface area contributed by atoms with Crippen molar-refractivity contribution in [2.45, 2.75) is 25.0 Å². The average Bonchev–Trinajstić information content (AvgIpc) is 2.69. The summed E-state index contributed by atoms with van der Waals surface area (Å²) in [5.74, 6) is -0.841. The number of aliphatic carboxylic acids is 1. The van der Waals surface area contributed by atoms with Gasteiger partial charge in [0.2, 0.25) is 0 Å². The van der Waals surface area contributed by atoms with Crippen LogP contribution in [0.5, 0.6) is 0 Å². The molecule has 1 saturated heterocycles. The Hall–Kier alpha value is -1.33. The SMILES string of the molecule is O=C(O)CCC1OC(=S)NC1c1ccc(Cl)cc1. The van der Waals surface area contributed by atoms with E-state index in [0.29, 0.717) is 16.6 Å². The van der Waals surface area contributed by atoms with Crippen LogP contribution in [-0.2, 0) is 9.53 Å². The minimum atomic E-state index is -0.841. The van der Waals surface area contributed by atoms with E-state index in [1.807, 2.05) is 12.1 Å². The minimum absolute atomic E-state index is 0.0546. The van der Waals surface area contributed by atoms with Gasteiger partial charge in [-0.25, -0.2) is 0 Å². The van der Waals surface area contributed by atoms with Crippen molar-refractivity contribution in [2.75, 3.05) is 0 Å². The van der Waals surface area contributed by atoms with E-state index in [1.165, 1.54) is 0 Å². The fraction of sp³-hybridized carbons (Fsp3) is 0.333. The van der Waals surface area contributed by atoms with Crippen molar-refractivity contribution in [3.8, 4) is 0 Å². The molecule has 0 bridgehead atoms.